The monoisotopic (exact) mass is 777 g/mol. The van der Waals surface area contributed by atoms with Crippen molar-refractivity contribution in [3.8, 4) is 0 Å². The highest BCUT2D eigenvalue weighted by Gasteiger charge is 2.15. The number of allylic oxidation sites excluding steroid dienone is 1. The van der Waals surface area contributed by atoms with E-state index < -0.39 is 0 Å². The summed E-state index contributed by atoms with van der Waals surface area (Å²) in [5.41, 5.74) is 2.84. The lowest BCUT2D eigenvalue weighted by atomic mass is 10.2. The molecule has 0 fully saturated rings. The quantitative estimate of drug-likeness (QED) is 0.120. The first-order valence-corrected chi connectivity index (χ1v) is 18.2. The summed E-state index contributed by atoms with van der Waals surface area (Å²) < 4.78 is 16.7. The van der Waals surface area contributed by atoms with Gasteiger partial charge in [0.05, 0.1) is 59.7 Å². The van der Waals surface area contributed by atoms with E-state index in [0.29, 0.717) is 19.6 Å². The Bertz CT molecular complexity index is 2250. The van der Waals surface area contributed by atoms with E-state index in [4.69, 9.17) is 48.1 Å². The van der Waals surface area contributed by atoms with Crippen LogP contribution in [0.4, 0.5) is 17.5 Å². The number of hydrogen-bond donors (Lipinski definition) is 3. The normalized spacial score (nSPS) is 11.5. The lowest BCUT2D eigenvalue weighted by Gasteiger charge is -2.09. The molecule has 8 aromatic rings. The molecule has 8 aromatic heterocycles. The van der Waals surface area contributed by atoms with Gasteiger partial charge in [0.25, 0.3) is 0 Å². The third kappa shape index (κ3) is 8.85. The van der Waals surface area contributed by atoms with E-state index in [2.05, 4.69) is 45.9 Å². The van der Waals surface area contributed by atoms with E-state index in [1.54, 1.807) is 30.1 Å². The average Bonchev–Trinajstić information content (AvgIpc) is 3.98. The van der Waals surface area contributed by atoms with Crippen LogP contribution in [-0.4, -0.2) is 29.9 Å². The molecule has 0 spiro atoms. The van der Waals surface area contributed by atoms with Crippen molar-refractivity contribution in [1.82, 2.24) is 29.9 Å². The molecule has 0 atom stereocenters. The van der Waals surface area contributed by atoms with Crippen LogP contribution >= 0.6 is 57.5 Å². The summed E-state index contributed by atoms with van der Waals surface area (Å²) >= 11 is 20.7. The predicted molar refractivity (Wildman–Crippen MR) is 203 cm³/mol. The van der Waals surface area contributed by atoms with Gasteiger partial charge in [0.15, 0.2) is 0 Å². The van der Waals surface area contributed by atoms with Gasteiger partial charge in [-0.15, -0.1) is 22.7 Å². The van der Waals surface area contributed by atoms with E-state index in [-0.39, 0.29) is 15.9 Å². The molecule has 12 nitrogen and oxygen atoms in total. The Balaban J connectivity index is 0.000000119. The third-order valence-electron chi connectivity index (χ3n) is 7.21. The molecule has 3 N–H and O–H groups in total. The molecule has 0 radical (unpaired) electrons. The first-order valence-electron chi connectivity index (χ1n) is 15.3. The average molecular weight is 779 g/mol. The maximum atomic E-state index is 5.87. The molecule has 1 aliphatic rings. The summed E-state index contributed by atoms with van der Waals surface area (Å²) in [5, 5.41) is 15.3. The van der Waals surface area contributed by atoms with Gasteiger partial charge in [-0.05, 0) is 107 Å². The minimum atomic E-state index is 0.248. The molecular weight excluding hydrogens is 753 g/mol. The minimum Gasteiger partial charge on any atom is -0.467 e. The second kappa shape index (κ2) is 16.4. The Hall–Kier alpha value is -4.99. The van der Waals surface area contributed by atoms with Crippen molar-refractivity contribution in [3.63, 3.8) is 0 Å². The molecule has 17 heteroatoms. The zero-order valence-corrected chi connectivity index (χ0v) is 30.2. The van der Waals surface area contributed by atoms with Gasteiger partial charge in [-0.2, -0.15) is 4.98 Å². The van der Waals surface area contributed by atoms with Gasteiger partial charge in [-0.1, -0.05) is 6.08 Å². The number of halogens is 3. The Morgan fingerprint density at radius 2 is 1.18 bits per heavy atom. The van der Waals surface area contributed by atoms with Gasteiger partial charge < -0.3 is 29.2 Å². The lowest BCUT2D eigenvalue weighted by Crippen LogP contribution is -2.05. The summed E-state index contributed by atoms with van der Waals surface area (Å²) in [5.74, 6) is 4.82. The van der Waals surface area contributed by atoms with Crippen LogP contribution in [0.15, 0.2) is 97.4 Å². The maximum absolute atomic E-state index is 5.87. The third-order valence-corrected chi connectivity index (χ3v) is 9.44. The van der Waals surface area contributed by atoms with E-state index in [1.807, 2.05) is 71.4 Å². The number of nitrogens with one attached hydrogen (secondary N) is 3. The molecule has 8 heterocycles. The van der Waals surface area contributed by atoms with Crippen molar-refractivity contribution in [2.75, 3.05) is 16.0 Å². The molecule has 1 aliphatic carbocycles. The number of rotatable bonds is 9. The first kappa shape index (κ1) is 34.5. The highest BCUT2D eigenvalue weighted by molar-refractivity contribution is 7.17. The fourth-order valence-electron chi connectivity index (χ4n) is 4.92. The molecule has 0 unspecified atom stereocenters. The highest BCUT2D eigenvalue weighted by atomic mass is 35.5. The molecule has 0 bridgehead atoms. The second-order valence-electron chi connectivity index (χ2n) is 10.6. The fourth-order valence-corrected chi connectivity index (χ4v) is 7.05. The number of fused-ring (bicyclic) bond motifs is 3. The molecule has 9 rings (SSSR count). The molecule has 51 heavy (non-hydrogen) atoms. The van der Waals surface area contributed by atoms with E-state index in [9.17, 15) is 0 Å². The molecule has 0 saturated heterocycles. The predicted octanol–water partition coefficient (Wildman–Crippen LogP) is 10.0. The number of nitrogens with zero attached hydrogens (tertiary/aromatic N) is 6. The van der Waals surface area contributed by atoms with Crippen LogP contribution < -0.4 is 16.0 Å². The largest absolute Gasteiger partial charge is 0.467 e. The second-order valence-corrected chi connectivity index (χ2v) is 13.4. The van der Waals surface area contributed by atoms with Crippen molar-refractivity contribution in [3.05, 3.63) is 129 Å². The van der Waals surface area contributed by atoms with Crippen LogP contribution in [0.5, 0.6) is 0 Å². The standard InChI is InChI=1S/C12H10ClN3O.2C11H8ClN3OS/c13-12-15-10-5-1-4-9(10)11(16-12)14-7-8-3-2-6-17-8;12-11-14-8-3-5-17-9(8)10(15-11)13-6-7-2-1-4-16-7;12-11-14-9(8-3-5-17-10(8)15-11)13-6-7-2-1-4-16-7/h1-3,5-6H,4,7H2,(H,14,15,16);2*1-5H,6H2,(H,13,14,15). The molecule has 0 saturated carbocycles. The summed E-state index contributed by atoms with van der Waals surface area (Å²) in [6, 6.07) is 15.2. The van der Waals surface area contributed by atoms with Crippen LogP contribution in [0.25, 0.3) is 26.5 Å². The van der Waals surface area contributed by atoms with Crippen LogP contribution in [0, 0.1) is 0 Å². The van der Waals surface area contributed by atoms with Gasteiger partial charge in [-0.3, -0.25) is 0 Å². The Kier molecular flexibility index (Phi) is 11.1. The van der Waals surface area contributed by atoms with E-state index in [0.717, 1.165) is 72.8 Å². The van der Waals surface area contributed by atoms with Crippen LogP contribution in [0.1, 0.15) is 28.5 Å². The summed E-state index contributed by atoms with van der Waals surface area (Å²) in [7, 11) is 0. The number of hydrogen-bond acceptors (Lipinski definition) is 14. The maximum Gasteiger partial charge on any atom is 0.225 e. The topological polar surface area (TPSA) is 153 Å². The summed E-state index contributed by atoms with van der Waals surface area (Å²) in [4.78, 5) is 25.9. The van der Waals surface area contributed by atoms with Crippen molar-refractivity contribution >= 4 is 101 Å². The van der Waals surface area contributed by atoms with Gasteiger partial charge in [-0.25, -0.2) is 24.9 Å². The van der Waals surface area contributed by atoms with Crippen molar-refractivity contribution in [1.29, 1.82) is 0 Å². The summed E-state index contributed by atoms with van der Waals surface area (Å²) in [6.07, 6.45) is 9.78. The number of furan rings is 3. The minimum absolute atomic E-state index is 0.248. The molecule has 0 amide bonds. The van der Waals surface area contributed by atoms with Crippen LogP contribution in [-0.2, 0) is 26.1 Å². The summed E-state index contributed by atoms with van der Waals surface area (Å²) in [6.45, 7) is 1.74. The molecule has 0 aliphatic heterocycles. The van der Waals surface area contributed by atoms with Gasteiger partial charge in [0.1, 0.15) is 39.6 Å². The molecular formula is C34H26Cl3N9O3S2. The van der Waals surface area contributed by atoms with Crippen LogP contribution in [0.2, 0.25) is 15.9 Å². The smallest absolute Gasteiger partial charge is 0.225 e. The number of aromatic nitrogens is 6. The fraction of sp³-hybridized carbons (Fsp3) is 0.118. The van der Waals surface area contributed by atoms with E-state index in [1.165, 1.54) is 11.3 Å². The van der Waals surface area contributed by atoms with Gasteiger partial charge in [0, 0.05) is 5.56 Å². The zero-order chi connectivity index (χ0) is 35.0. The van der Waals surface area contributed by atoms with Crippen molar-refractivity contribution in [2.45, 2.75) is 26.1 Å². The van der Waals surface area contributed by atoms with Crippen LogP contribution in [0.3, 0.4) is 0 Å². The van der Waals surface area contributed by atoms with Gasteiger partial charge >= 0.3 is 0 Å². The Morgan fingerprint density at radius 1 is 0.608 bits per heavy atom. The number of thiophene rings is 2. The van der Waals surface area contributed by atoms with Gasteiger partial charge in [0.2, 0.25) is 15.9 Å². The zero-order valence-electron chi connectivity index (χ0n) is 26.3. The SMILES string of the molecule is Clc1nc(NCc2ccco2)c2ccsc2n1.Clc1nc(NCc2ccco2)c2sccc2n1.Clc1nc2c(c(NCc3ccco3)n1)CC=C2. The lowest BCUT2D eigenvalue weighted by molar-refractivity contribution is 0.517. The Morgan fingerprint density at radius 3 is 1.84 bits per heavy atom. The molecule has 0 aromatic carbocycles. The Labute approximate surface area is 313 Å². The number of anilines is 3. The first-order chi connectivity index (χ1) is 25.0. The molecule has 258 valence electrons. The van der Waals surface area contributed by atoms with Crippen molar-refractivity contribution < 1.29 is 13.3 Å². The van der Waals surface area contributed by atoms with E-state index >= 15 is 0 Å². The van der Waals surface area contributed by atoms with Crippen molar-refractivity contribution in [2.24, 2.45) is 0 Å². The highest BCUT2D eigenvalue weighted by Crippen LogP contribution is 2.29.